The molecule has 0 spiro atoms. The van der Waals surface area contributed by atoms with E-state index in [-0.39, 0.29) is 0 Å². The highest BCUT2D eigenvalue weighted by molar-refractivity contribution is 7.98. The average molecular weight is 271 g/mol. The summed E-state index contributed by atoms with van der Waals surface area (Å²) in [6, 6.07) is 3.90. The molecule has 0 bridgehead atoms. The van der Waals surface area contributed by atoms with Gasteiger partial charge < -0.3 is 4.42 Å². The summed E-state index contributed by atoms with van der Waals surface area (Å²) in [4.78, 5) is 12.1. The van der Waals surface area contributed by atoms with Crippen LogP contribution in [0.5, 0.6) is 0 Å². The van der Waals surface area contributed by atoms with Gasteiger partial charge in [-0.25, -0.2) is 4.98 Å². The minimum Gasteiger partial charge on any atom is -0.410 e. The highest BCUT2D eigenvalue weighted by Crippen LogP contribution is 2.23. The normalized spacial score (nSPS) is 10.5. The molecule has 7 heteroatoms. The van der Waals surface area contributed by atoms with E-state index in [1.54, 1.807) is 24.8 Å². The van der Waals surface area contributed by atoms with E-state index in [4.69, 9.17) is 4.42 Å². The Labute approximate surface area is 113 Å². The summed E-state index contributed by atoms with van der Waals surface area (Å²) in [6.07, 6.45) is 8.32. The number of thioether (sulfide) groups is 1. The molecule has 0 aromatic carbocycles. The molecule has 0 atom stereocenters. The molecular formula is C12H9N5OS. The van der Waals surface area contributed by atoms with Crippen LogP contribution in [0.4, 0.5) is 0 Å². The maximum atomic E-state index is 5.51. The van der Waals surface area contributed by atoms with Gasteiger partial charge in [0.15, 0.2) is 0 Å². The van der Waals surface area contributed by atoms with E-state index < -0.39 is 0 Å². The fraction of sp³-hybridized carbons (Fsp3) is 0.0833. The van der Waals surface area contributed by atoms with Crippen LogP contribution in [-0.4, -0.2) is 25.1 Å². The minimum atomic E-state index is 0.377. The molecule has 3 rings (SSSR count). The lowest BCUT2D eigenvalue weighted by atomic mass is 10.3. The van der Waals surface area contributed by atoms with Crippen LogP contribution in [0.25, 0.3) is 11.6 Å². The fourth-order valence-electron chi connectivity index (χ4n) is 1.41. The smallest absolute Gasteiger partial charge is 0.277 e. The Bertz CT molecular complexity index is 643. The molecule has 0 aliphatic heterocycles. The van der Waals surface area contributed by atoms with Crippen molar-refractivity contribution in [3.05, 3.63) is 48.7 Å². The third-order valence-corrected chi connectivity index (χ3v) is 3.16. The first-order valence-electron chi connectivity index (χ1n) is 5.53. The molecule has 19 heavy (non-hydrogen) atoms. The van der Waals surface area contributed by atoms with E-state index in [1.165, 1.54) is 11.8 Å². The quantitative estimate of drug-likeness (QED) is 0.673. The van der Waals surface area contributed by atoms with Crippen molar-refractivity contribution >= 4 is 11.8 Å². The van der Waals surface area contributed by atoms with Crippen LogP contribution in [0.15, 0.2) is 52.8 Å². The second-order valence-corrected chi connectivity index (χ2v) is 4.54. The molecule has 0 aliphatic rings. The van der Waals surface area contributed by atoms with Gasteiger partial charge in [-0.05, 0) is 11.6 Å². The number of aromatic nitrogens is 5. The largest absolute Gasteiger partial charge is 0.410 e. The van der Waals surface area contributed by atoms with Crippen molar-refractivity contribution in [3.63, 3.8) is 0 Å². The molecule has 94 valence electrons. The minimum absolute atomic E-state index is 0.377. The Morgan fingerprint density at radius 2 is 2.00 bits per heavy atom. The summed E-state index contributed by atoms with van der Waals surface area (Å²) in [5.41, 5.74) is 1.68. The van der Waals surface area contributed by atoms with E-state index in [0.717, 1.165) is 11.3 Å². The highest BCUT2D eigenvalue weighted by Gasteiger charge is 2.10. The van der Waals surface area contributed by atoms with Gasteiger partial charge in [0.1, 0.15) is 5.69 Å². The zero-order valence-electron chi connectivity index (χ0n) is 9.80. The predicted molar refractivity (Wildman–Crippen MR) is 69.1 cm³/mol. The molecule has 0 radical (unpaired) electrons. The Morgan fingerprint density at radius 1 is 1.05 bits per heavy atom. The van der Waals surface area contributed by atoms with E-state index in [2.05, 4.69) is 25.1 Å². The van der Waals surface area contributed by atoms with Crippen molar-refractivity contribution in [3.8, 4) is 11.6 Å². The summed E-state index contributed by atoms with van der Waals surface area (Å²) in [7, 11) is 0. The molecule has 0 aliphatic carbocycles. The number of hydrogen-bond acceptors (Lipinski definition) is 7. The first kappa shape index (κ1) is 11.8. The Hall–Kier alpha value is -2.28. The Morgan fingerprint density at radius 3 is 2.79 bits per heavy atom. The monoisotopic (exact) mass is 271 g/mol. The maximum Gasteiger partial charge on any atom is 0.277 e. The third-order valence-electron chi connectivity index (χ3n) is 2.27. The molecule has 0 saturated carbocycles. The SMILES string of the molecule is c1cncc(CSc2nnc(-c3cnccn3)o2)c1. The van der Waals surface area contributed by atoms with E-state index in [0.29, 0.717) is 16.8 Å². The third kappa shape index (κ3) is 2.94. The standard InChI is InChI=1S/C12H9N5OS/c1-2-9(6-13-3-1)8-19-12-17-16-11(18-12)10-7-14-4-5-15-10/h1-7H,8H2. The first-order valence-corrected chi connectivity index (χ1v) is 6.52. The van der Waals surface area contributed by atoms with Crippen molar-refractivity contribution in [2.75, 3.05) is 0 Å². The van der Waals surface area contributed by atoms with Gasteiger partial charge in [0.25, 0.3) is 11.1 Å². The highest BCUT2D eigenvalue weighted by atomic mass is 32.2. The Kier molecular flexibility index (Phi) is 3.46. The topological polar surface area (TPSA) is 77.6 Å². The van der Waals surface area contributed by atoms with Gasteiger partial charge in [0.05, 0.1) is 6.20 Å². The average Bonchev–Trinajstić information content (AvgIpc) is 2.96. The Balaban J connectivity index is 1.69. The summed E-state index contributed by atoms with van der Waals surface area (Å²) >= 11 is 1.46. The number of hydrogen-bond donors (Lipinski definition) is 0. The maximum absolute atomic E-state index is 5.51. The lowest BCUT2D eigenvalue weighted by Gasteiger charge is -1.95. The molecular weight excluding hydrogens is 262 g/mol. The zero-order chi connectivity index (χ0) is 12.9. The number of nitrogens with zero attached hydrogens (tertiary/aromatic N) is 5. The van der Waals surface area contributed by atoms with Crippen LogP contribution >= 0.6 is 11.8 Å². The molecule has 0 N–H and O–H groups in total. The van der Waals surface area contributed by atoms with E-state index >= 15 is 0 Å². The number of rotatable bonds is 4. The molecule has 0 unspecified atom stereocenters. The zero-order valence-corrected chi connectivity index (χ0v) is 10.6. The molecule has 0 amide bonds. The van der Waals surface area contributed by atoms with Crippen LogP contribution in [0.1, 0.15) is 5.56 Å². The molecule has 3 aromatic rings. The second kappa shape index (κ2) is 5.57. The van der Waals surface area contributed by atoms with Crippen molar-refractivity contribution in [1.82, 2.24) is 25.1 Å². The van der Waals surface area contributed by atoms with Gasteiger partial charge in [0, 0.05) is 30.5 Å². The first-order chi connectivity index (χ1) is 9.42. The summed E-state index contributed by atoms with van der Waals surface area (Å²) in [5.74, 6) is 1.11. The van der Waals surface area contributed by atoms with Gasteiger partial charge in [-0.1, -0.05) is 17.8 Å². The van der Waals surface area contributed by atoms with Gasteiger partial charge in [-0.2, -0.15) is 0 Å². The van der Waals surface area contributed by atoms with Gasteiger partial charge in [-0.15, -0.1) is 10.2 Å². The van der Waals surface area contributed by atoms with Crippen LogP contribution in [0, 0.1) is 0 Å². The molecule has 3 aromatic heterocycles. The molecule has 3 heterocycles. The molecule has 0 saturated heterocycles. The van der Waals surface area contributed by atoms with Gasteiger partial charge >= 0.3 is 0 Å². The van der Waals surface area contributed by atoms with Gasteiger partial charge in [-0.3, -0.25) is 9.97 Å². The second-order valence-electron chi connectivity index (χ2n) is 3.61. The van der Waals surface area contributed by atoms with Crippen LogP contribution < -0.4 is 0 Å². The van der Waals surface area contributed by atoms with Crippen LogP contribution in [-0.2, 0) is 5.75 Å². The summed E-state index contributed by atoms with van der Waals surface area (Å²) in [6.45, 7) is 0. The lowest BCUT2D eigenvalue weighted by Crippen LogP contribution is -1.83. The van der Waals surface area contributed by atoms with Crippen molar-refractivity contribution in [2.24, 2.45) is 0 Å². The number of pyridine rings is 1. The van der Waals surface area contributed by atoms with E-state index in [9.17, 15) is 0 Å². The van der Waals surface area contributed by atoms with Crippen molar-refractivity contribution in [1.29, 1.82) is 0 Å². The van der Waals surface area contributed by atoms with E-state index in [1.807, 2.05) is 18.3 Å². The van der Waals surface area contributed by atoms with Crippen LogP contribution in [0.2, 0.25) is 0 Å². The lowest BCUT2D eigenvalue weighted by molar-refractivity contribution is 0.464. The van der Waals surface area contributed by atoms with Crippen molar-refractivity contribution < 1.29 is 4.42 Å². The fourth-order valence-corrected chi connectivity index (χ4v) is 2.11. The summed E-state index contributed by atoms with van der Waals surface area (Å²) < 4.78 is 5.51. The van der Waals surface area contributed by atoms with Crippen molar-refractivity contribution in [2.45, 2.75) is 11.0 Å². The van der Waals surface area contributed by atoms with Gasteiger partial charge in [0.2, 0.25) is 0 Å². The predicted octanol–water partition coefficient (Wildman–Crippen LogP) is 2.21. The van der Waals surface area contributed by atoms with Crippen LogP contribution in [0.3, 0.4) is 0 Å². The molecule has 6 nitrogen and oxygen atoms in total. The summed E-state index contributed by atoms with van der Waals surface area (Å²) in [5, 5.41) is 8.41. The molecule has 0 fully saturated rings.